The van der Waals surface area contributed by atoms with E-state index in [1.165, 1.54) is 103 Å². The lowest BCUT2D eigenvalue weighted by atomic mass is 10.0. The van der Waals surface area contributed by atoms with Gasteiger partial charge in [0.05, 0.1) is 6.61 Å². The van der Waals surface area contributed by atoms with Crippen LogP contribution in [0.15, 0.2) is 72.9 Å². The highest BCUT2D eigenvalue weighted by Crippen LogP contribution is 2.15. The molecule has 0 spiro atoms. The van der Waals surface area contributed by atoms with Gasteiger partial charge in [0.25, 0.3) is 0 Å². The molecule has 0 saturated carbocycles. The van der Waals surface area contributed by atoms with Gasteiger partial charge in [-0.3, -0.25) is 9.59 Å². The highest BCUT2D eigenvalue weighted by molar-refractivity contribution is 5.70. The standard InChI is InChI=1S/C47H80O5/c1-3-5-7-9-11-13-15-17-19-21-23-25-27-29-31-33-35-37-39-41-46(49)51-44-45(43-48)52-47(50)42-40-38-36-34-32-30-28-26-24-22-20-18-16-14-12-10-8-6-4-2/h5,7,11,13,17,19,23,25,29,31,35,37,45,48H,3-4,6,8-10,12,14-16,18,20-22,24,26-28,30,32-34,36,38-44H2,1-2H3/t45-/m0/s1. The number of esters is 2. The van der Waals surface area contributed by atoms with Crippen molar-refractivity contribution in [3.05, 3.63) is 72.9 Å². The van der Waals surface area contributed by atoms with Crippen molar-refractivity contribution in [2.75, 3.05) is 13.2 Å². The molecule has 0 aromatic heterocycles. The highest BCUT2D eigenvalue weighted by Gasteiger charge is 2.15. The van der Waals surface area contributed by atoms with Crippen molar-refractivity contribution in [2.45, 2.75) is 200 Å². The molecule has 0 aliphatic heterocycles. The van der Waals surface area contributed by atoms with Crippen LogP contribution in [0.1, 0.15) is 194 Å². The molecule has 5 nitrogen and oxygen atoms in total. The van der Waals surface area contributed by atoms with E-state index in [0.29, 0.717) is 12.8 Å². The first-order valence-corrected chi connectivity index (χ1v) is 21.5. The van der Waals surface area contributed by atoms with Gasteiger partial charge in [-0.15, -0.1) is 0 Å². The van der Waals surface area contributed by atoms with Gasteiger partial charge >= 0.3 is 11.9 Å². The van der Waals surface area contributed by atoms with Crippen molar-refractivity contribution >= 4 is 11.9 Å². The summed E-state index contributed by atoms with van der Waals surface area (Å²) in [4.78, 5) is 24.3. The summed E-state index contributed by atoms with van der Waals surface area (Å²) in [6.45, 7) is 3.97. The number of aliphatic hydroxyl groups excluding tert-OH is 1. The molecule has 0 aliphatic carbocycles. The molecule has 0 fully saturated rings. The summed E-state index contributed by atoms with van der Waals surface area (Å²) >= 11 is 0. The molecule has 0 heterocycles. The van der Waals surface area contributed by atoms with Gasteiger partial charge in [0.1, 0.15) is 6.61 Å². The van der Waals surface area contributed by atoms with Crippen LogP contribution in [0.2, 0.25) is 0 Å². The maximum atomic E-state index is 12.2. The molecule has 298 valence electrons. The molecule has 0 aromatic carbocycles. The number of allylic oxidation sites excluding steroid dienone is 12. The number of rotatable bonds is 38. The van der Waals surface area contributed by atoms with Gasteiger partial charge in [-0.05, 0) is 51.4 Å². The molecule has 0 aliphatic rings. The summed E-state index contributed by atoms with van der Waals surface area (Å²) in [5, 5.41) is 9.57. The van der Waals surface area contributed by atoms with E-state index in [1.54, 1.807) is 0 Å². The monoisotopic (exact) mass is 725 g/mol. The average molecular weight is 725 g/mol. The molecule has 0 unspecified atom stereocenters. The third-order valence-corrected chi connectivity index (χ3v) is 9.03. The van der Waals surface area contributed by atoms with E-state index in [-0.39, 0.29) is 31.6 Å². The number of hydrogen-bond donors (Lipinski definition) is 1. The summed E-state index contributed by atoms with van der Waals surface area (Å²) in [5.74, 6) is -0.687. The van der Waals surface area contributed by atoms with Gasteiger partial charge in [-0.1, -0.05) is 202 Å². The Morgan fingerprint density at radius 3 is 1.21 bits per heavy atom. The minimum atomic E-state index is -0.803. The molecule has 0 radical (unpaired) electrons. The van der Waals surface area contributed by atoms with Crippen LogP contribution in [0.3, 0.4) is 0 Å². The summed E-state index contributed by atoms with van der Waals surface area (Å²) in [6.07, 6.45) is 57.0. The number of unbranched alkanes of at least 4 members (excludes halogenated alkanes) is 18. The molecule has 1 N–H and O–H groups in total. The third-order valence-electron chi connectivity index (χ3n) is 9.03. The highest BCUT2D eigenvalue weighted by atomic mass is 16.6. The molecular weight excluding hydrogens is 645 g/mol. The predicted octanol–water partition coefficient (Wildman–Crippen LogP) is 13.7. The van der Waals surface area contributed by atoms with Gasteiger partial charge in [0.15, 0.2) is 6.10 Å². The zero-order valence-electron chi connectivity index (χ0n) is 33.8. The van der Waals surface area contributed by atoms with Crippen LogP contribution in [0.25, 0.3) is 0 Å². The molecule has 0 amide bonds. The van der Waals surface area contributed by atoms with E-state index < -0.39 is 6.10 Å². The maximum Gasteiger partial charge on any atom is 0.306 e. The SMILES string of the molecule is CCC=CCC=CCC=CCC=CCC=CCC=CCCC(=O)OC[C@H](CO)OC(=O)CCCCCCCCCCCCCCCCCCCCC. The third kappa shape index (κ3) is 40.1. The number of aliphatic hydroxyl groups is 1. The summed E-state index contributed by atoms with van der Waals surface area (Å²) in [6, 6.07) is 0. The molecule has 1 atom stereocenters. The molecule has 5 heteroatoms. The molecule has 0 saturated heterocycles. The zero-order valence-corrected chi connectivity index (χ0v) is 33.8. The topological polar surface area (TPSA) is 72.8 Å². The van der Waals surface area contributed by atoms with Gasteiger partial charge < -0.3 is 14.6 Å². The van der Waals surface area contributed by atoms with E-state index in [0.717, 1.165) is 57.8 Å². The van der Waals surface area contributed by atoms with Crippen LogP contribution in [0.4, 0.5) is 0 Å². The quantitative estimate of drug-likeness (QED) is 0.0390. The number of ether oxygens (including phenoxy) is 2. The second-order valence-corrected chi connectivity index (χ2v) is 14.0. The van der Waals surface area contributed by atoms with E-state index in [9.17, 15) is 14.7 Å². The normalized spacial score (nSPS) is 12.9. The minimum Gasteiger partial charge on any atom is -0.462 e. The lowest BCUT2D eigenvalue weighted by Crippen LogP contribution is -2.28. The smallest absolute Gasteiger partial charge is 0.306 e. The van der Waals surface area contributed by atoms with Gasteiger partial charge in [0.2, 0.25) is 0 Å². The number of hydrogen-bond acceptors (Lipinski definition) is 5. The first-order valence-electron chi connectivity index (χ1n) is 21.5. The van der Waals surface area contributed by atoms with Gasteiger partial charge in [-0.2, -0.15) is 0 Å². The first kappa shape index (κ1) is 49.3. The molecule has 0 rings (SSSR count). The van der Waals surface area contributed by atoms with E-state index >= 15 is 0 Å². The summed E-state index contributed by atoms with van der Waals surface area (Å²) in [7, 11) is 0. The number of carbonyl (C=O) groups excluding carboxylic acids is 2. The largest absolute Gasteiger partial charge is 0.462 e. The maximum absolute atomic E-state index is 12.2. The van der Waals surface area contributed by atoms with E-state index in [2.05, 4.69) is 74.6 Å². The van der Waals surface area contributed by atoms with E-state index in [1.807, 2.05) is 12.2 Å². The van der Waals surface area contributed by atoms with Crippen molar-refractivity contribution in [1.29, 1.82) is 0 Å². The fourth-order valence-corrected chi connectivity index (χ4v) is 5.82. The zero-order chi connectivity index (χ0) is 37.8. The fourth-order valence-electron chi connectivity index (χ4n) is 5.82. The first-order chi connectivity index (χ1) is 25.6. The Morgan fingerprint density at radius 2 is 0.827 bits per heavy atom. The van der Waals surface area contributed by atoms with Crippen LogP contribution in [-0.4, -0.2) is 36.4 Å². The second kappa shape index (κ2) is 42.8. The Hall–Kier alpha value is -2.66. The Balaban J connectivity index is 3.65. The molecule has 0 bridgehead atoms. The van der Waals surface area contributed by atoms with Crippen molar-refractivity contribution in [3.63, 3.8) is 0 Å². The second-order valence-electron chi connectivity index (χ2n) is 14.0. The fraction of sp³-hybridized carbons (Fsp3) is 0.702. The van der Waals surface area contributed by atoms with Gasteiger partial charge in [0, 0.05) is 12.8 Å². The van der Waals surface area contributed by atoms with Crippen LogP contribution >= 0.6 is 0 Å². The van der Waals surface area contributed by atoms with Gasteiger partial charge in [-0.25, -0.2) is 0 Å². The Kier molecular flexibility index (Phi) is 40.6. The van der Waals surface area contributed by atoms with Crippen molar-refractivity contribution in [2.24, 2.45) is 0 Å². The van der Waals surface area contributed by atoms with Crippen LogP contribution in [0, 0.1) is 0 Å². The van der Waals surface area contributed by atoms with Crippen molar-refractivity contribution in [1.82, 2.24) is 0 Å². The number of carbonyl (C=O) groups is 2. The van der Waals surface area contributed by atoms with Crippen molar-refractivity contribution < 1.29 is 24.2 Å². The average Bonchev–Trinajstić information content (AvgIpc) is 3.15. The Labute approximate surface area is 321 Å². The Bertz CT molecular complexity index is 957. The van der Waals surface area contributed by atoms with Crippen LogP contribution < -0.4 is 0 Å². The van der Waals surface area contributed by atoms with Crippen molar-refractivity contribution in [3.8, 4) is 0 Å². The summed E-state index contributed by atoms with van der Waals surface area (Å²) in [5.41, 5.74) is 0. The predicted molar refractivity (Wildman–Crippen MR) is 223 cm³/mol. The summed E-state index contributed by atoms with van der Waals surface area (Å²) < 4.78 is 10.6. The van der Waals surface area contributed by atoms with Crippen LogP contribution in [-0.2, 0) is 19.1 Å². The Morgan fingerprint density at radius 1 is 0.462 bits per heavy atom. The lowest BCUT2D eigenvalue weighted by Gasteiger charge is -2.15. The lowest BCUT2D eigenvalue weighted by molar-refractivity contribution is -0.161. The molecular formula is C47H80O5. The molecule has 0 aromatic rings. The molecule has 52 heavy (non-hydrogen) atoms. The van der Waals surface area contributed by atoms with Crippen LogP contribution in [0.5, 0.6) is 0 Å². The van der Waals surface area contributed by atoms with E-state index in [4.69, 9.17) is 9.47 Å². The minimum absolute atomic E-state index is 0.107.